The molecule has 4 rings (SSSR count). The minimum absolute atomic E-state index is 0.391. The molecule has 0 amide bonds. The van der Waals surface area contributed by atoms with E-state index in [0.29, 0.717) is 11.2 Å². The second-order valence-corrected chi connectivity index (χ2v) is 9.27. The van der Waals surface area contributed by atoms with Gasteiger partial charge in [0, 0.05) is 6.42 Å². The van der Waals surface area contributed by atoms with Crippen LogP contribution in [-0.4, -0.2) is 5.78 Å². The first kappa shape index (κ1) is 15.0. The zero-order valence-corrected chi connectivity index (χ0v) is 14.8. The molecule has 0 radical (unpaired) electrons. The second-order valence-electron chi connectivity index (χ2n) is 9.27. The highest BCUT2D eigenvalue weighted by molar-refractivity contribution is 5.91. The fourth-order valence-corrected chi connectivity index (χ4v) is 7.36. The third kappa shape index (κ3) is 1.86. The van der Waals surface area contributed by atoms with Crippen LogP contribution in [0.15, 0.2) is 11.6 Å². The van der Waals surface area contributed by atoms with E-state index in [0.717, 1.165) is 54.3 Å². The van der Waals surface area contributed by atoms with Crippen LogP contribution < -0.4 is 0 Å². The third-order valence-corrected chi connectivity index (χ3v) is 8.82. The lowest BCUT2D eigenvalue weighted by Crippen LogP contribution is -2.47. The first-order valence-corrected chi connectivity index (χ1v) is 9.66. The van der Waals surface area contributed by atoms with Crippen LogP contribution in [-0.2, 0) is 4.79 Å². The lowest BCUT2D eigenvalue weighted by molar-refractivity contribution is -0.116. The molecule has 0 aromatic rings. The van der Waals surface area contributed by atoms with E-state index in [1.807, 2.05) is 6.08 Å². The fourth-order valence-electron chi connectivity index (χ4n) is 7.36. The normalized spacial score (nSPS) is 54.3. The van der Waals surface area contributed by atoms with E-state index >= 15 is 0 Å². The summed E-state index contributed by atoms with van der Waals surface area (Å²) in [6.07, 6.45) is 9.38. The van der Waals surface area contributed by atoms with Crippen molar-refractivity contribution in [1.29, 1.82) is 0 Å². The summed E-state index contributed by atoms with van der Waals surface area (Å²) in [6, 6.07) is 0. The fraction of sp³-hybridized carbons (Fsp3) is 0.857. The van der Waals surface area contributed by atoms with Crippen LogP contribution in [0, 0.1) is 46.8 Å². The van der Waals surface area contributed by atoms with Gasteiger partial charge in [0.05, 0.1) is 0 Å². The molecule has 0 aromatic carbocycles. The average Bonchev–Trinajstić information content (AvgIpc) is 2.68. The molecule has 4 aliphatic carbocycles. The van der Waals surface area contributed by atoms with Gasteiger partial charge in [-0.2, -0.15) is 0 Å². The van der Waals surface area contributed by atoms with E-state index in [1.165, 1.54) is 31.3 Å². The summed E-state index contributed by atoms with van der Waals surface area (Å²) in [4.78, 5) is 11.8. The minimum atomic E-state index is 0.391. The van der Waals surface area contributed by atoms with Crippen molar-refractivity contribution in [3.63, 3.8) is 0 Å². The highest BCUT2D eigenvalue weighted by Crippen LogP contribution is 2.66. The Labute approximate surface area is 135 Å². The molecular weight excluding hydrogens is 268 g/mol. The third-order valence-electron chi connectivity index (χ3n) is 8.82. The van der Waals surface area contributed by atoms with Gasteiger partial charge < -0.3 is 0 Å². The van der Waals surface area contributed by atoms with E-state index in [1.54, 1.807) is 0 Å². The predicted molar refractivity (Wildman–Crippen MR) is 90.4 cm³/mol. The summed E-state index contributed by atoms with van der Waals surface area (Å²) < 4.78 is 0. The van der Waals surface area contributed by atoms with Crippen LogP contribution in [0.5, 0.6) is 0 Å². The van der Waals surface area contributed by atoms with Gasteiger partial charge in [0.15, 0.2) is 5.78 Å². The highest BCUT2D eigenvalue weighted by Gasteiger charge is 2.59. The Morgan fingerprint density at radius 2 is 1.77 bits per heavy atom. The van der Waals surface area contributed by atoms with Gasteiger partial charge in [0.1, 0.15) is 0 Å². The molecule has 8 atom stereocenters. The molecule has 3 saturated carbocycles. The molecular formula is C21H32O. The number of rotatable bonds is 0. The molecule has 0 spiro atoms. The number of ketones is 1. The molecule has 0 aromatic heterocycles. The summed E-state index contributed by atoms with van der Waals surface area (Å²) in [6.45, 7) is 10.2. The van der Waals surface area contributed by atoms with Crippen molar-refractivity contribution in [2.75, 3.05) is 0 Å². The van der Waals surface area contributed by atoms with Gasteiger partial charge in [-0.05, 0) is 85.0 Å². The molecule has 0 heterocycles. The summed E-state index contributed by atoms with van der Waals surface area (Å²) in [5.74, 6) is 6.50. The zero-order chi connectivity index (χ0) is 15.6. The lowest BCUT2D eigenvalue weighted by Gasteiger charge is -2.54. The van der Waals surface area contributed by atoms with E-state index in [9.17, 15) is 4.79 Å². The van der Waals surface area contributed by atoms with E-state index < -0.39 is 0 Å². The summed E-state index contributed by atoms with van der Waals surface area (Å²) in [5.41, 5.74) is 2.10. The van der Waals surface area contributed by atoms with Crippen LogP contribution in [0.3, 0.4) is 0 Å². The molecule has 0 aliphatic heterocycles. The monoisotopic (exact) mass is 300 g/mol. The van der Waals surface area contributed by atoms with Gasteiger partial charge in [-0.15, -0.1) is 0 Å². The van der Waals surface area contributed by atoms with Crippen molar-refractivity contribution in [2.45, 2.75) is 66.2 Å². The highest BCUT2D eigenvalue weighted by atomic mass is 16.1. The van der Waals surface area contributed by atoms with Gasteiger partial charge >= 0.3 is 0 Å². The number of hydrogen-bond donors (Lipinski definition) is 0. The van der Waals surface area contributed by atoms with Crippen LogP contribution in [0.4, 0.5) is 0 Å². The molecule has 0 bridgehead atoms. The molecule has 122 valence electrons. The standard InChI is InChI=1S/C21H32O/c1-12-13(2)20-19-7-5-15-11-16(22)6-8-17(15)18(19)9-10-21(20,4)14(12)3/h11-14,17-20H,5-10H2,1-4H3. The maximum Gasteiger partial charge on any atom is 0.155 e. The molecule has 4 aliphatic rings. The van der Waals surface area contributed by atoms with Crippen molar-refractivity contribution >= 4 is 5.78 Å². The number of fused-ring (bicyclic) bond motifs is 5. The van der Waals surface area contributed by atoms with Gasteiger partial charge in [0.25, 0.3) is 0 Å². The van der Waals surface area contributed by atoms with Crippen LogP contribution in [0.1, 0.15) is 66.2 Å². The number of allylic oxidation sites excluding steroid dienone is 1. The number of carbonyl (C=O) groups is 1. The van der Waals surface area contributed by atoms with Crippen molar-refractivity contribution < 1.29 is 4.79 Å². The van der Waals surface area contributed by atoms with Crippen LogP contribution in [0.25, 0.3) is 0 Å². The van der Waals surface area contributed by atoms with Crippen LogP contribution >= 0.6 is 0 Å². The van der Waals surface area contributed by atoms with E-state index in [-0.39, 0.29) is 0 Å². The van der Waals surface area contributed by atoms with E-state index in [4.69, 9.17) is 0 Å². The van der Waals surface area contributed by atoms with Crippen LogP contribution in [0.2, 0.25) is 0 Å². The largest absolute Gasteiger partial charge is 0.295 e. The molecule has 22 heavy (non-hydrogen) atoms. The van der Waals surface area contributed by atoms with Crippen molar-refractivity contribution in [2.24, 2.45) is 46.8 Å². The Balaban J connectivity index is 1.67. The SMILES string of the molecule is CC1C(C)C2C3CCC4=CC(=O)CCC4C3CCC2(C)C1C. The Hall–Kier alpha value is -0.590. The lowest BCUT2D eigenvalue weighted by atomic mass is 9.50. The average molecular weight is 300 g/mol. The molecule has 8 unspecified atom stereocenters. The quantitative estimate of drug-likeness (QED) is 0.596. The molecule has 1 heteroatoms. The molecule has 3 fully saturated rings. The van der Waals surface area contributed by atoms with Gasteiger partial charge in [0.2, 0.25) is 0 Å². The first-order valence-electron chi connectivity index (χ1n) is 9.66. The molecule has 0 saturated heterocycles. The van der Waals surface area contributed by atoms with E-state index in [2.05, 4.69) is 27.7 Å². The predicted octanol–water partition coefficient (Wildman–Crippen LogP) is 5.26. The maximum absolute atomic E-state index is 11.8. The Morgan fingerprint density at radius 3 is 2.55 bits per heavy atom. The zero-order valence-electron chi connectivity index (χ0n) is 14.8. The second kappa shape index (κ2) is 4.95. The number of hydrogen-bond acceptors (Lipinski definition) is 1. The summed E-state index contributed by atoms with van der Waals surface area (Å²) in [5, 5.41) is 0. The van der Waals surface area contributed by atoms with Crippen molar-refractivity contribution in [1.82, 2.24) is 0 Å². The van der Waals surface area contributed by atoms with Crippen molar-refractivity contribution in [3.8, 4) is 0 Å². The Bertz CT molecular complexity index is 518. The van der Waals surface area contributed by atoms with Gasteiger partial charge in [-0.25, -0.2) is 0 Å². The molecule has 1 nitrogen and oxygen atoms in total. The van der Waals surface area contributed by atoms with Gasteiger partial charge in [-0.1, -0.05) is 33.3 Å². The summed E-state index contributed by atoms with van der Waals surface area (Å²) >= 11 is 0. The minimum Gasteiger partial charge on any atom is -0.295 e. The Morgan fingerprint density at radius 1 is 1.00 bits per heavy atom. The van der Waals surface area contributed by atoms with Crippen molar-refractivity contribution in [3.05, 3.63) is 11.6 Å². The Kier molecular flexibility index (Phi) is 3.37. The molecule has 0 N–H and O–H groups in total. The summed E-state index contributed by atoms with van der Waals surface area (Å²) in [7, 11) is 0. The first-order chi connectivity index (χ1) is 10.4. The number of carbonyl (C=O) groups excluding carboxylic acids is 1. The smallest absolute Gasteiger partial charge is 0.155 e. The topological polar surface area (TPSA) is 17.1 Å². The van der Waals surface area contributed by atoms with Gasteiger partial charge in [-0.3, -0.25) is 4.79 Å². The maximum atomic E-state index is 11.8.